The molecule has 8 nitrogen and oxygen atoms in total. The van der Waals surface area contributed by atoms with Crippen LogP contribution in [0.4, 0.5) is 5.82 Å². The Bertz CT molecular complexity index is 1530. The standard InChI is InChI=1S/C23H20Cl3N5O3S/c1-12(21-16(25)10-27-11-17(21)26)34-19-7-14-18(8-15(19)24)29-30-22(14)13-6-20(35(2,32)33)23(28-9-13)31-4-3-5-31/h6-12H,3-5H2,1-2H3,(H,29,30). The third kappa shape index (κ3) is 4.53. The Hall–Kier alpha value is -2.59. The lowest BCUT2D eigenvalue weighted by molar-refractivity contribution is 0.227. The second-order valence-electron chi connectivity index (χ2n) is 8.34. The third-order valence-corrected chi connectivity index (χ3v) is 7.87. The van der Waals surface area contributed by atoms with Gasteiger partial charge in [-0.25, -0.2) is 13.4 Å². The summed E-state index contributed by atoms with van der Waals surface area (Å²) in [4.78, 5) is 10.6. The monoisotopic (exact) mass is 551 g/mol. The number of H-pyrrole nitrogens is 1. The number of hydrogen-bond donors (Lipinski definition) is 1. The maximum atomic E-state index is 12.5. The summed E-state index contributed by atoms with van der Waals surface area (Å²) < 4.78 is 31.2. The van der Waals surface area contributed by atoms with Crippen molar-refractivity contribution in [1.82, 2.24) is 20.2 Å². The van der Waals surface area contributed by atoms with Crippen LogP contribution in [0.3, 0.4) is 0 Å². The largest absolute Gasteiger partial charge is 0.484 e. The van der Waals surface area contributed by atoms with Crippen LogP contribution in [0.1, 0.15) is 25.0 Å². The zero-order valence-electron chi connectivity index (χ0n) is 18.7. The molecule has 1 N–H and O–H groups in total. The number of pyridine rings is 2. The average Bonchev–Trinajstić information content (AvgIpc) is 3.14. The van der Waals surface area contributed by atoms with Crippen molar-refractivity contribution in [1.29, 1.82) is 0 Å². The van der Waals surface area contributed by atoms with Gasteiger partial charge in [0.1, 0.15) is 28.3 Å². The van der Waals surface area contributed by atoms with Crippen LogP contribution in [0, 0.1) is 0 Å². The highest BCUT2D eigenvalue weighted by atomic mass is 35.5. The normalized spacial score (nSPS) is 14.7. The number of rotatable bonds is 6. The van der Waals surface area contributed by atoms with Gasteiger partial charge in [0.2, 0.25) is 0 Å². The highest BCUT2D eigenvalue weighted by Gasteiger charge is 2.26. The summed E-state index contributed by atoms with van der Waals surface area (Å²) in [6.07, 6.45) is 6.30. The fourth-order valence-corrected chi connectivity index (χ4v) is 5.73. The van der Waals surface area contributed by atoms with E-state index in [-0.39, 0.29) is 4.90 Å². The smallest absolute Gasteiger partial charge is 0.179 e. The van der Waals surface area contributed by atoms with Gasteiger partial charge in [-0.1, -0.05) is 34.8 Å². The molecule has 1 aliphatic rings. The van der Waals surface area contributed by atoms with Gasteiger partial charge in [-0.05, 0) is 31.5 Å². The van der Waals surface area contributed by atoms with Crippen molar-refractivity contribution in [3.8, 4) is 17.0 Å². The highest BCUT2D eigenvalue weighted by molar-refractivity contribution is 7.90. The van der Waals surface area contributed by atoms with E-state index in [0.717, 1.165) is 19.5 Å². The van der Waals surface area contributed by atoms with Crippen molar-refractivity contribution < 1.29 is 13.2 Å². The molecule has 182 valence electrons. The topological polar surface area (TPSA) is 101 Å². The average molecular weight is 553 g/mol. The Balaban J connectivity index is 1.56. The van der Waals surface area contributed by atoms with Gasteiger partial charge in [0.25, 0.3) is 0 Å². The second-order valence-corrected chi connectivity index (χ2v) is 11.5. The van der Waals surface area contributed by atoms with E-state index >= 15 is 0 Å². The Morgan fingerprint density at radius 2 is 1.77 bits per heavy atom. The van der Waals surface area contributed by atoms with Gasteiger partial charge < -0.3 is 9.64 Å². The van der Waals surface area contributed by atoms with Crippen LogP contribution in [0.2, 0.25) is 15.1 Å². The van der Waals surface area contributed by atoms with Crippen LogP contribution in [0.15, 0.2) is 41.7 Å². The van der Waals surface area contributed by atoms with Crippen molar-refractivity contribution >= 4 is 61.4 Å². The second kappa shape index (κ2) is 9.13. The first-order valence-electron chi connectivity index (χ1n) is 10.7. The Morgan fingerprint density at radius 3 is 2.40 bits per heavy atom. The molecule has 12 heteroatoms. The molecular formula is C23H20Cl3N5O3S. The number of ether oxygens (including phenoxy) is 1. The molecule has 4 heterocycles. The zero-order chi connectivity index (χ0) is 24.9. The molecule has 1 atom stereocenters. The van der Waals surface area contributed by atoms with Crippen LogP contribution in [-0.2, 0) is 9.84 Å². The molecule has 3 aromatic heterocycles. The number of aromatic amines is 1. The molecule has 1 saturated heterocycles. The molecular weight excluding hydrogens is 533 g/mol. The molecule has 0 saturated carbocycles. The number of aromatic nitrogens is 4. The predicted octanol–water partition coefficient (Wildman–Crippen LogP) is 5.73. The summed E-state index contributed by atoms with van der Waals surface area (Å²) in [6, 6.07) is 5.06. The van der Waals surface area contributed by atoms with Gasteiger partial charge in [0.15, 0.2) is 9.84 Å². The molecule has 1 fully saturated rings. The summed E-state index contributed by atoms with van der Waals surface area (Å²) in [7, 11) is -3.51. The molecule has 1 aliphatic heterocycles. The molecule has 0 amide bonds. The quantitative estimate of drug-likeness (QED) is 0.326. The minimum Gasteiger partial charge on any atom is -0.484 e. The van der Waals surface area contributed by atoms with Gasteiger partial charge >= 0.3 is 0 Å². The molecule has 0 radical (unpaired) electrons. The molecule has 1 unspecified atom stereocenters. The number of fused-ring (bicyclic) bond motifs is 1. The molecule has 35 heavy (non-hydrogen) atoms. The van der Waals surface area contributed by atoms with E-state index in [1.54, 1.807) is 31.3 Å². The minimum atomic E-state index is -3.51. The van der Waals surface area contributed by atoms with Gasteiger partial charge in [-0.2, -0.15) is 5.10 Å². The summed E-state index contributed by atoms with van der Waals surface area (Å²) in [5, 5.41) is 9.18. The van der Waals surface area contributed by atoms with E-state index < -0.39 is 15.9 Å². The first kappa shape index (κ1) is 24.1. The summed E-state index contributed by atoms with van der Waals surface area (Å²) >= 11 is 19.0. The van der Waals surface area contributed by atoms with E-state index in [1.807, 2.05) is 4.90 Å². The van der Waals surface area contributed by atoms with Crippen LogP contribution >= 0.6 is 34.8 Å². The number of hydrogen-bond acceptors (Lipinski definition) is 7. The van der Waals surface area contributed by atoms with Crippen molar-refractivity contribution in [3.63, 3.8) is 0 Å². The number of nitrogens with zero attached hydrogens (tertiary/aromatic N) is 4. The maximum absolute atomic E-state index is 12.5. The lowest BCUT2D eigenvalue weighted by atomic mass is 10.1. The summed E-state index contributed by atoms with van der Waals surface area (Å²) in [5.74, 6) is 0.862. The maximum Gasteiger partial charge on any atom is 0.179 e. The van der Waals surface area contributed by atoms with Gasteiger partial charge in [0, 0.05) is 54.4 Å². The Kier molecular flexibility index (Phi) is 6.29. The summed E-state index contributed by atoms with van der Waals surface area (Å²) in [6.45, 7) is 3.37. The van der Waals surface area contributed by atoms with Crippen molar-refractivity contribution in [2.24, 2.45) is 0 Å². The molecule has 4 aromatic rings. The molecule has 1 aromatic carbocycles. The van der Waals surface area contributed by atoms with E-state index in [2.05, 4.69) is 20.2 Å². The lowest BCUT2D eigenvalue weighted by Crippen LogP contribution is -2.38. The van der Waals surface area contributed by atoms with Gasteiger partial charge in [0.05, 0.1) is 20.6 Å². The molecule has 5 rings (SSSR count). The fourth-order valence-electron chi connectivity index (χ4n) is 3.99. The van der Waals surface area contributed by atoms with E-state index in [0.29, 0.717) is 54.4 Å². The number of anilines is 1. The first-order chi connectivity index (χ1) is 16.6. The predicted molar refractivity (Wildman–Crippen MR) is 138 cm³/mol. The Morgan fingerprint density at radius 1 is 1.06 bits per heavy atom. The minimum absolute atomic E-state index is 0.173. The van der Waals surface area contributed by atoms with E-state index in [4.69, 9.17) is 39.5 Å². The lowest BCUT2D eigenvalue weighted by Gasteiger charge is -2.33. The van der Waals surface area contributed by atoms with Crippen LogP contribution in [0.25, 0.3) is 22.2 Å². The fraction of sp³-hybridized carbons (Fsp3) is 0.261. The highest BCUT2D eigenvalue weighted by Crippen LogP contribution is 2.39. The van der Waals surface area contributed by atoms with E-state index in [1.165, 1.54) is 18.6 Å². The van der Waals surface area contributed by atoms with Crippen molar-refractivity contribution in [2.75, 3.05) is 24.2 Å². The first-order valence-corrected chi connectivity index (χ1v) is 13.7. The van der Waals surface area contributed by atoms with Gasteiger partial charge in [-0.3, -0.25) is 10.1 Å². The van der Waals surface area contributed by atoms with Crippen molar-refractivity contribution in [3.05, 3.63) is 57.4 Å². The molecule has 0 spiro atoms. The Labute approximate surface area is 217 Å². The number of sulfone groups is 1. The molecule has 0 bridgehead atoms. The van der Waals surface area contributed by atoms with E-state index in [9.17, 15) is 8.42 Å². The number of nitrogens with one attached hydrogen (secondary N) is 1. The number of halogens is 3. The van der Waals surface area contributed by atoms with Crippen molar-refractivity contribution in [2.45, 2.75) is 24.3 Å². The number of benzene rings is 1. The van der Waals surface area contributed by atoms with Crippen LogP contribution in [-0.4, -0.2) is 47.9 Å². The molecule has 0 aliphatic carbocycles. The van der Waals surface area contributed by atoms with Crippen LogP contribution < -0.4 is 9.64 Å². The van der Waals surface area contributed by atoms with Crippen LogP contribution in [0.5, 0.6) is 5.75 Å². The zero-order valence-corrected chi connectivity index (χ0v) is 21.8. The summed E-state index contributed by atoms with van der Waals surface area (Å²) in [5.41, 5.74) is 2.34. The third-order valence-electron chi connectivity index (χ3n) is 5.88. The van der Waals surface area contributed by atoms with Gasteiger partial charge in [-0.15, -0.1) is 0 Å². The SMILES string of the molecule is CC(Oc1cc2c(-c3cnc(N4CCC4)c(S(C)(=O)=O)c3)n[nH]c2cc1Cl)c1c(Cl)cncc1Cl.